The van der Waals surface area contributed by atoms with Crippen LogP contribution in [0.4, 0.5) is 8.78 Å². The maximum atomic E-state index is 12.2. The highest BCUT2D eigenvalue weighted by molar-refractivity contribution is 6.30. The third-order valence-corrected chi connectivity index (χ3v) is 1.75. The Hall–Kier alpha value is -0.670. The minimum atomic E-state index is -2.59. The van der Waals surface area contributed by atoms with E-state index in [1.165, 1.54) is 12.1 Å². The average Bonchev–Trinajstić information content (AvgIpc) is 2.04. The lowest BCUT2D eigenvalue weighted by Crippen LogP contribution is -1.93. The van der Waals surface area contributed by atoms with Gasteiger partial charge in [-0.25, -0.2) is 8.78 Å². The van der Waals surface area contributed by atoms with Gasteiger partial charge in [-0.1, -0.05) is 17.7 Å². The Morgan fingerprint density at radius 1 is 1.42 bits per heavy atom. The first-order valence-electron chi connectivity index (χ1n) is 3.32. The first kappa shape index (κ1) is 9.42. The molecule has 0 saturated heterocycles. The zero-order valence-electron chi connectivity index (χ0n) is 6.10. The van der Waals surface area contributed by atoms with E-state index in [2.05, 4.69) is 0 Å². The third kappa shape index (κ3) is 1.93. The summed E-state index contributed by atoms with van der Waals surface area (Å²) in [7, 11) is 0. The zero-order valence-corrected chi connectivity index (χ0v) is 6.85. The van der Waals surface area contributed by atoms with Gasteiger partial charge in [0.25, 0.3) is 6.43 Å². The van der Waals surface area contributed by atoms with Gasteiger partial charge in [-0.05, 0) is 17.7 Å². The van der Waals surface area contributed by atoms with Crippen molar-refractivity contribution in [3.05, 3.63) is 34.3 Å². The van der Waals surface area contributed by atoms with Crippen molar-refractivity contribution in [3.63, 3.8) is 0 Å². The molecule has 0 unspecified atom stereocenters. The highest BCUT2D eigenvalue weighted by atomic mass is 35.5. The Morgan fingerprint density at radius 3 is 2.58 bits per heavy atom. The van der Waals surface area contributed by atoms with E-state index >= 15 is 0 Å². The fourth-order valence-corrected chi connectivity index (χ4v) is 1.09. The third-order valence-electron chi connectivity index (χ3n) is 1.51. The van der Waals surface area contributed by atoms with Crippen LogP contribution in [0.2, 0.25) is 5.02 Å². The summed E-state index contributed by atoms with van der Waals surface area (Å²) in [4.78, 5) is 0. The SMILES string of the molecule is OCc1ccc(Cl)cc1C(F)F. The second-order valence-electron chi connectivity index (χ2n) is 2.30. The molecule has 0 fully saturated rings. The quantitative estimate of drug-likeness (QED) is 0.764. The van der Waals surface area contributed by atoms with Crippen LogP contribution in [0.5, 0.6) is 0 Å². The molecule has 0 saturated carbocycles. The highest BCUT2D eigenvalue weighted by Gasteiger charge is 2.12. The smallest absolute Gasteiger partial charge is 0.264 e. The highest BCUT2D eigenvalue weighted by Crippen LogP contribution is 2.25. The Kier molecular flexibility index (Phi) is 3.00. The van der Waals surface area contributed by atoms with E-state index in [0.717, 1.165) is 6.07 Å². The van der Waals surface area contributed by atoms with E-state index in [0.29, 0.717) is 0 Å². The van der Waals surface area contributed by atoms with Gasteiger partial charge in [-0.3, -0.25) is 0 Å². The zero-order chi connectivity index (χ0) is 9.14. The van der Waals surface area contributed by atoms with Gasteiger partial charge in [0.05, 0.1) is 6.61 Å². The fourth-order valence-electron chi connectivity index (χ4n) is 0.913. The Morgan fingerprint density at radius 2 is 2.08 bits per heavy atom. The fraction of sp³-hybridized carbons (Fsp3) is 0.250. The lowest BCUT2D eigenvalue weighted by Gasteiger charge is -2.05. The number of rotatable bonds is 2. The van der Waals surface area contributed by atoms with Crippen LogP contribution < -0.4 is 0 Å². The molecule has 0 amide bonds. The molecule has 1 rings (SSSR count). The number of aliphatic hydroxyl groups excluding tert-OH is 1. The molecule has 1 aromatic carbocycles. The molecule has 0 bridgehead atoms. The molecule has 4 heteroatoms. The van der Waals surface area contributed by atoms with Crippen molar-refractivity contribution in [3.8, 4) is 0 Å². The molecule has 0 aliphatic rings. The van der Waals surface area contributed by atoms with Gasteiger partial charge >= 0.3 is 0 Å². The van der Waals surface area contributed by atoms with Crippen LogP contribution >= 0.6 is 11.6 Å². The Bertz CT molecular complexity index is 276. The first-order chi connectivity index (χ1) is 5.65. The van der Waals surface area contributed by atoms with Crippen LogP contribution in [0.15, 0.2) is 18.2 Å². The second kappa shape index (κ2) is 3.83. The predicted octanol–water partition coefficient (Wildman–Crippen LogP) is 2.77. The van der Waals surface area contributed by atoms with Crippen LogP contribution in [-0.2, 0) is 6.61 Å². The molecule has 1 N–H and O–H groups in total. The molecule has 0 aromatic heterocycles. The van der Waals surface area contributed by atoms with Crippen molar-refractivity contribution in [2.24, 2.45) is 0 Å². The summed E-state index contributed by atoms with van der Waals surface area (Å²) >= 11 is 5.50. The van der Waals surface area contributed by atoms with Gasteiger partial charge < -0.3 is 5.11 Å². The minimum absolute atomic E-state index is 0.204. The molecule has 0 aliphatic carbocycles. The van der Waals surface area contributed by atoms with Crippen molar-refractivity contribution in [1.82, 2.24) is 0 Å². The summed E-state index contributed by atoms with van der Waals surface area (Å²) in [5.41, 5.74) is 0.0133. The predicted molar refractivity (Wildman–Crippen MR) is 42.3 cm³/mol. The van der Waals surface area contributed by atoms with Gasteiger partial charge in [-0.15, -0.1) is 0 Å². The van der Waals surface area contributed by atoms with Gasteiger partial charge in [0.2, 0.25) is 0 Å². The lowest BCUT2D eigenvalue weighted by molar-refractivity contribution is 0.147. The van der Waals surface area contributed by atoms with Gasteiger partial charge in [0.1, 0.15) is 0 Å². The van der Waals surface area contributed by atoms with Crippen molar-refractivity contribution in [1.29, 1.82) is 0 Å². The van der Waals surface area contributed by atoms with Crippen LogP contribution in [0, 0.1) is 0 Å². The topological polar surface area (TPSA) is 20.2 Å². The number of halogens is 3. The van der Waals surface area contributed by atoms with Crippen LogP contribution in [0.1, 0.15) is 17.6 Å². The molecular formula is C8H7ClF2O. The van der Waals surface area contributed by atoms with Crippen molar-refractivity contribution < 1.29 is 13.9 Å². The number of benzene rings is 1. The van der Waals surface area contributed by atoms with Gasteiger partial charge in [0.15, 0.2) is 0 Å². The molecule has 0 heterocycles. The minimum Gasteiger partial charge on any atom is -0.392 e. The molecule has 0 radical (unpaired) electrons. The van der Waals surface area contributed by atoms with Crippen LogP contribution in [0.3, 0.4) is 0 Å². The summed E-state index contributed by atoms with van der Waals surface area (Å²) < 4.78 is 24.4. The summed E-state index contributed by atoms with van der Waals surface area (Å²) in [6.45, 7) is -0.392. The number of hydrogen-bond acceptors (Lipinski definition) is 1. The molecule has 1 nitrogen and oxygen atoms in total. The number of aliphatic hydroxyl groups is 1. The normalized spacial score (nSPS) is 10.8. The standard InChI is InChI=1S/C8H7ClF2O/c9-6-2-1-5(4-12)7(3-6)8(10)11/h1-3,8,12H,4H2. The van der Waals surface area contributed by atoms with Crippen LogP contribution in [0.25, 0.3) is 0 Å². The number of hydrogen-bond donors (Lipinski definition) is 1. The molecule has 0 aliphatic heterocycles. The van der Waals surface area contributed by atoms with E-state index in [4.69, 9.17) is 16.7 Å². The van der Waals surface area contributed by atoms with Gasteiger partial charge in [-0.2, -0.15) is 0 Å². The lowest BCUT2D eigenvalue weighted by atomic mass is 10.1. The second-order valence-corrected chi connectivity index (χ2v) is 2.74. The summed E-state index contributed by atoms with van der Waals surface area (Å²) in [5.74, 6) is 0. The van der Waals surface area contributed by atoms with E-state index in [9.17, 15) is 8.78 Å². The Balaban J connectivity index is 3.12. The molecular weight excluding hydrogens is 186 g/mol. The Labute approximate surface area is 73.6 Å². The van der Waals surface area contributed by atoms with Gasteiger partial charge in [0, 0.05) is 10.6 Å². The molecule has 12 heavy (non-hydrogen) atoms. The molecule has 0 spiro atoms. The van der Waals surface area contributed by atoms with E-state index < -0.39 is 13.0 Å². The van der Waals surface area contributed by atoms with E-state index in [-0.39, 0.29) is 16.1 Å². The first-order valence-corrected chi connectivity index (χ1v) is 3.70. The maximum Gasteiger partial charge on any atom is 0.264 e. The van der Waals surface area contributed by atoms with E-state index in [1.807, 2.05) is 0 Å². The average molecular weight is 193 g/mol. The van der Waals surface area contributed by atoms with Crippen molar-refractivity contribution >= 4 is 11.6 Å². The maximum absolute atomic E-state index is 12.2. The summed E-state index contributed by atoms with van der Waals surface area (Å²) in [6.07, 6.45) is -2.59. The monoisotopic (exact) mass is 192 g/mol. The summed E-state index contributed by atoms with van der Waals surface area (Å²) in [6, 6.07) is 4.03. The van der Waals surface area contributed by atoms with E-state index in [1.54, 1.807) is 0 Å². The largest absolute Gasteiger partial charge is 0.392 e. The number of alkyl halides is 2. The van der Waals surface area contributed by atoms with Crippen molar-refractivity contribution in [2.45, 2.75) is 13.0 Å². The molecule has 1 aromatic rings. The molecule has 0 atom stereocenters. The van der Waals surface area contributed by atoms with Crippen molar-refractivity contribution in [2.75, 3.05) is 0 Å². The molecule has 66 valence electrons. The summed E-state index contributed by atoms with van der Waals surface area (Å²) in [5, 5.41) is 8.93. The van der Waals surface area contributed by atoms with Crippen LogP contribution in [-0.4, -0.2) is 5.11 Å².